The van der Waals surface area contributed by atoms with Gasteiger partial charge in [0, 0.05) is 5.56 Å². The first-order valence-corrected chi connectivity index (χ1v) is 10.3. The van der Waals surface area contributed by atoms with E-state index < -0.39 is 5.97 Å². The van der Waals surface area contributed by atoms with Gasteiger partial charge < -0.3 is 24.4 Å². The van der Waals surface area contributed by atoms with Crippen LogP contribution in [0.3, 0.4) is 0 Å². The third kappa shape index (κ3) is 7.12. The van der Waals surface area contributed by atoms with E-state index in [-0.39, 0.29) is 6.61 Å². The summed E-state index contributed by atoms with van der Waals surface area (Å²) in [5, 5.41) is 4.28. The topological polar surface area (TPSA) is 78.4 Å². The second-order valence-electron chi connectivity index (χ2n) is 5.76. The summed E-state index contributed by atoms with van der Waals surface area (Å²) < 4.78 is 22.3. The lowest BCUT2D eigenvalue weighted by molar-refractivity contribution is -0.145. The molecule has 0 atom stereocenters. The first-order valence-electron chi connectivity index (χ1n) is 9.21. The van der Waals surface area contributed by atoms with E-state index in [1.54, 1.807) is 20.2 Å². The Morgan fingerprint density at radius 3 is 2.66 bits per heavy atom. The first kappa shape index (κ1) is 22.8. The SMILES string of the molecule is CCOC(=O)COc1c(I)cc(/C=N\NCc2ccccc2OC)cc1OCC. The molecule has 0 bridgehead atoms. The van der Waals surface area contributed by atoms with Crippen LogP contribution < -0.4 is 19.6 Å². The molecule has 0 spiro atoms. The Kier molecular flexibility index (Phi) is 9.55. The van der Waals surface area contributed by atoms with Crippen molar-refractivity contribution in [3.8, 4) is 17.2 Å². The van der Waals surface area contributed by atoms with Gasteiger partial charge in [-0.3, -0.25) is 0 Å². The molecule has 0 aliphatic heterocycles. The Morgan fingerprint density at radius 1 is 1.14 bits per heavy atom. The van der Waals surface area contributed by atoms with Crippen molar-refractivity contribution in [1.82, 2.24) is 5.43 Å². The standard InChI is InChI=1S/C21H25IN2O5/c1-4-27-19-11-15(10-17(22)21(19)29-14-20(25)28-5-2)12-23-24-13-16-8-6-7-9-18(16)26-3/h6-12,24H,4-5,13-14H2,1-3H3/b23-12-. The van der Waals surface area contributed by atoms with Crippen LogP contribution in [0.2, 0.25) is 0 Å². The molecule has 0 fully saturated rings. The number of hydrogen-bond acceptors (Lipinski definition) is 7. The largest absolute Gasteiger partial charge is 0.496 e. The highest BCUT2D eigenvalue weighted by atomic mass is 127. The minimum absolute atomic E-state index is 0.169. The minimum Gasteiger partial charge on any atom is -0.496 e. The summed E-state index contributed by atoms with van der Waals surface area (Å²) in [7, 11) is 1.64. The monoisotopic (exact) mass is 512 g/mol. The smallest absolute Gasteiger partial charge is 0.344 e. The molecule has 0 aromatic heterocycles. The Hall–Kier alpha value is -2.49. The molecule has 2 aromatic rings. The fraction of sp³-hybridized carbons (Fsp3) is 0.333. The molecule has 0 radical (unpaired) electrons. The molecule has 0 aliphatic carbocycles. The number of hydrogen-bond donors (Lipinski definition) is 1. The van der Waals surface area contributed by atoms with Gasteiger partial charge in [-0.25, -0.2) is 4.79 Å². The normalized spacial score (nSPS) is 10.6. The van der Waals surface area contributed by atoms with E-state index in [0.717, 1.165) is 20.4 Å². The molecule has 2 rings (SSSR count). The van der Waals surface area contributed by atoms with Gasteiger partial charge in [-0.05, 0) is 60.2 Å². The summed E-state index contributed by atoms with van der Waals surface area (Å²) in [5.41, 5.74) is 4.87. The number of benzene rings is 2. The fourth-order valence-corrected chi connectivity index (χ4v) is 3.28. The number of ether oxygens (including phenoxy) is 4. The van der Waals surface area contributed by atoms with Gasteiger partial charge in [-0.2, -0.15) is 5.10 Å². The average Bonchev–Trinajstić information content (AvgIpc) is 2.71. The minimum atomic E-state index is -0.420. The van der Waals surface area contributed by atoms with Crippen molar-refractivity contribution in [3.63, 3.8) is 0 Å². The van der Waals surface area contributed by atoms with E-state index in [9.17, 15) is 4.79 Å². The predicted molar refractivity (Wildman–Crippen MR) is 120 cm³/mol. The molecule has 0 saturated carbocycles. The predicted octanol–water partition coefficient (Wildman–Crippen LogP) is 3.76. The summed E-state index contributed by atoms with van der Waals surface area (Å²) in [6.45, 7) is 4.79. The van der Waals surface area contributed by atoms with Gasteiger partial charge >= 0.3 is 5.97 Å². The second-order valence-corrected chi connectivity index (χ2v) is 6.92. The Morgan fingerprint density at radius 2 is 1.93 bits per heavy atom. The molecule has 1 N–H and O–H groups in total. The van der Waals surface area contributed by atoms with Gasteiger partial charge in [0.05, 0.1) is 36.7 Å². The summed E-state index contributed by atoms with van der Waals surface area (Å²) in [6.07, 6.45) is 1.70. The van der Waals surface area contributed by atoms with E-state index in [4.69, 9.17) is 18.9 Å². The number of methoxy groups -OCH3 is 1. The van der Waals surface area contributed by atoms with E-state index >= 15 is 0 Å². The zero-order valence-electron chi connectivity index (χ0n) is 16.7. The fourth-order valence-electron chi connectivity index (χ4n) is 2.50. The summed E-state index contributed by atoms with van der Waals surface area (Å²) in [5.74, 6) is 1.46. The van der Waals surface area contributed by atoms with Crippen LogP contribution >= 0.6 is 22.6 Å². The second kappa shape index (κ2) is 12.2. The number of hydrazone groups is 1. The number of esters is 1. The van der Waals surface area contributed by atoms with E-state index in [1.807, 2.05) is 43.3 Å². The maximum atomic E-state index is 11.6. The molecule has 8 heteroatoms. The van der Waals surface area contributed by atoms with Crippen molar-refractivity contribution in [2.75, 3.05) is 26.9 Å². The van der Waals surface area contributed by atoms with Crippen molar-refractivity contribution in [2.45, 2.75) is 20.4 Å². The number of halogens is 1. The van der Waals surface area contributed by atoms with Crippen molar-refractivity contribution >= 4 is 34.8 Å². The highest BCUT2D eigenvalue weighted by molar-refractivity contribution is 14.1. The lowest BCUT2D eigenvalue weighted by Gasteiger charge is -2.14. The molecular weight excluding hydrogens is 487 g/mol. The lowest BCUT2D eigenvalue weighted by atomic mass is 10.2. The van der Waals surface area contributed by atoms with Crippen LogP contribution in [-0.4, -0.2) is 39.1 Å². The van der Waals surface area contributed by atoms with Gasteiger partial charge in [-0.15, -0.1) is 0 Å². The Bertz CT molecular complexity index is 842. The number of nitrogens with zero attached hydrogens (tertiary/aromatic N) is 1. The zero-order chi connectivity index (χ0) is 21.1. The van der Waals surface area contributed by atoms with Crippen molar-refractivity contribution < 1.29 is 23.7 Å². The van der Waals surface area contributed by atoms with Crippen LogP contribution in [0.15, 0.2) is 41.5 Å². The summed E-state index contributed by atoms with van der Waals surface area (Å²) in [6, 6.07) is 11.5. The highest BCUT2D eigenvalue weighted by Crippen LogP contribution is 2.34. The third-order valence-corrected chi connectivity index (χ3v) is 4.54. The van der Waals surface area contributed by atoms with Crippen molar-refractivity contribution in [3.05, 3.63) is 51.1 Å². The Balaban J connectivity index is 2.06. The van der Waals surface area contributed by atoms with E-state index in [2.05, 4.69) is 33.1 Å². The maximum Gasteiger partial charge on any atom is 0.344 e. The molecule has 29 heavy (non-hydrogen) atoms. The number of nitrogens with one attached hydrogen (secondary N) is 1. The first-order chi connectivity index (χ1) is 14.1. The van der Waals surface area contributed by atoms with Crippen LogP contribution in [0, 0.1) is 3.57 Å². The molecule has 156 valence electrons. The quantitative estimate of drug-likeness (QED) is 0.214. The van der Waals surface area contributed by atoms with E-state index in [0.29, 0.717) is 31.3 Å². The van der Waals surface area contributed by atoms with Crippen LogP contribution in [0.4, 0.5) is 0 Å². The van der Waals surface area contributed by atoms with Crippen LogP contribution in [0.5, 0.6) is 17.2 Å². The molecule has 0 heterocycles. The maximum absolute atomic E-state index is 11.6. The summed E-state index contributed by atoms with van der Waals surface area (Å²) >= 11 is 2.14. The van der Waals surface area contributed by atoms with E-state index in [1.165, 1.54) is 0 Å². The lowest BCUT2D eigenvalue weighted by Crippen LogP contribution is -2.15. The molecule has 0 amide bonds. The molecule has 0 unspecified atom stereocenters. The number of carbonyl (C=O) groups is 1. The number of para-hydroxylation sites is 1. The molecular formula is C21H25IN2O5. The third-order valence-electron chi connectivity index (χ3n) is 3.74. The number of rotatable bonds is 11. The zero-order valence-corrected chi connectivity index (χ0v) is 18.9. The van der Waals surface area contributed by atoms with Crippen molar-refractivity contribution in [2.24, 2.45) is 5.10 Å². The van der Waals surface area contributed by atoms with Gasteiger partial charge in [-0.1, -0.05) is 18.2 Å². The van der Waals surface area contributed by atoms with Crippen LogP contribution in [0.1, 0.15) is 25.0 Å². The van der Waals surface area contributed by atoms with Gasteiger partial charge in [0.25, 0.3) is 0 Å². The molecule has 0 saturated heterocycles. The molecule has 2 aromatic carbocycles. The summed E-state index contributed by atoms with van der Waals surface area (Å²) in [4.78, 5) is 11.6. The Labute approximate surface area is 184 Å². The molecule has 0 aliphatic rings. The van der Waals surface area contributed by atoms with Crippen LogP contribution in [-0.2, 0) is 16.1 Å². The van der Waals surface area contributed by atoms with Gasteiger partial charge in [0.15, 0.2) is 18.1 Å². The number of carbonyl (C=O) groups excluding carboxylic acids is 1. The van der Waals surface area contributed by atoms with Gasteiger partial charge in [0.1, 0.15) is 5.75 Å². The van der Waals surface area contributed by atoms with Gasteiger partial charge in [0.2, 0.25) is 0 Å². The molecule has 7 nitrogen and oxygen atoms in total. The average molecular weight is 512 g/mol. The van der Waals surface area contributed by atoms with Crippen LogP contribution in [0.25, 0.3) is 0 Å². The van der Waals surface area contributed by atoms with Crippen molar-refractivity contribution in [1.29, 1.82) is 0 Å². The highest BCUT2D eigenvalue weighted by Gasteiger charge is 2.14.